The van der Waals surface area contributed by atoms with Crippen molar-refractivity contribution < 1.29 is 18.0 Å². The van der Waals surface area contributed by atoms with E-state index in [2.05, 4.69) is 15.8 Å². The summed E-state index contributed by atoms with van der Waals surface area (Å²) in [7, 11) is -3.03. The van der Waals surface area contributed by atoms with E-state index in [0.717, 1.165) is 5.56 Å². The zero-order chi connectivity index (χ0) is 19.6. The Balaban J connectivity index is 1.58. The zero-order valence-electron chi connectivity index (χ0n) is 14.5. The van der Waals surface area contributed by atoms with Gasteiger partial charge in [0, 0.05) is 17.0 Å². The average molecular weight is 428 g/mol. The molecular formula is C17H18ClN3O4S2. The van der Waals surface area contributed by atoms with Crippen LogP contribution >= 0.6 is 22.9 Å². The molecule has 10 heteroatoms. The van der Waals surface area contributed by atoms with Crippen LogP contribution < -0.4 is 10.9 Å². The molecule has 0 saturated carbocycles. The summed E-state index contributed by atoms with van der Waals surface area (Å²) < 4.78 is 22.9. The standard InChI is InChI=1S/C17H18ClN3O4S2/c1-10-15(26-17(19-10)12-2-4-13(18)5-3-12)16(23)21-20-14(22)8-11-6-7-27(24,25)9-11/h2-5,11H,6-9H2,1H3,(H,20,22)(H,21,23). The molecule has 1 fully saturated rings. The third-order valence-corrected chi connectivity index (χ3v) is 7.50. The lowest BCUT2D eigenvalue weighted by atomic mass is 10.1. The molecule has 2 amide bonds. The summed E-state index contributed by atoms with van der Waals surface area (Å²) in [5.74, 6) is -0.936. The number of nitrogens with one attached hydrogen (secondary N) is 2. The molecular weight excluding hydrogens is 410 g/mol. The second-order valence-electron chi connectivity index (χ2n) is 6.42. The average Bonchev–Trinajstić information content (AvgIpc) is 3.15. The predicted octanol–water partition coefficient (Wildman–Crippen LogP) is 2.36. The van der Waals surface area contributed by atoms with Gasteiger partial charge in [-0.2, -0.15) is 0 Å². The van der Waals surface area contributed by atoms with Crippen LogP contribution in [0.2, 0.25) is 5.02 Å². The summed E-state index contributed by atoms with van der Waals surface area (Å²) in [6, 6.07) is 7.13. The largest absolute Gasteiger partial charge is 0.281 e. The van der Waals surface area contributed by atoms with Crippen LogP contribution in [-0.2, 0) is 14.6 Å². The maximum Gasteiger partial charge on any atom is 0.281 e. The summed E-state index contributed by atoms with van der Waals surface area (Å²) >= 11 is 7.09. The van der Waals surface area contributed by atoms with E-state index < -0.39 is 21.7 Å². The molecule has 2 heterocycles. The van der Waals surface area contributed by atoms with E-state index in [1.807, 2.05) is 12.1 Å². The van der Waals surface area contributed by atoms with Gasteiger partial charge in [-0.15, -0.1) is 11.3 Å². The van der Waals surface area contributed by atoms with Gasteiger partial charge in [0.1, 0.15) is 9.88 Å². The van der Waals surface area contributed by atoms with E-state index in [1.54, 1.807) is 19.1 Å². The number of amides is 2. The first kappa shape index (κ1) is 19.8. The number of rotatable bonds is 4. The fourth-order valence-corrected chi connectivity index (χ4v) is 5.81. The lowest BCUT2D eigenvalue weighted by molar-refractivity contribution is -0.122. The maximum absolute atomic E-state index is 12.3. The Hall–Kier alpha value is -1.97. The van der Waals surface area contributed by atoms with E-state index in [-0.39, 0.29) is 23.8 Å². The minimum atomic E-state index is -3.03. The molecule has 1 aliphatic rings. The zero-order valence-corrected chi connectivity index (χ0v) is 16.9. The Bertz CT molecular complexity index is 971. The van der Waals surface area contributed by atoms with Crippen molar-refractivity contribution in [1.82, 2.24) is 15.8 Å². The van der Waals surface area contributed by atoms with Crippen molar-refractivity contribution in [3.8, 4) is 10.6 Å². The van der Waals surface area contributed by atoms with Gasteiger partial charge in [0.15, 0.2) is 9.84 Å². The third kappa shape index (κ3) is 5.06. The van der Waals surface area contributed by atoms with Crippen molar-refractivity contribution in [2.24, 2.45) is 5.92 Å². The number of carbonyl (C=O) groups excluding carboxylic acids is 2. The number of carbonyl (C=O) groups is 2. The number of thiazole rings is 1. The normalized spacial score (nSPS) is 18.2. The minimum Gasteiger partial charge on any atom is -0.273 e. The molecule has 1 aliphatic heterocycles. The minimum absolute atomic E-state index is 0.0206. The Morgan fingerprint density at radius 2 is 1.96 bits per heavy atom. The second-order valence-corrected chi connectivity index (χ2v) is 10.1. The number of halogens is 1. The highest BCUT2D eigenvalue weighted by atomic mass is 35.5. The van der Waals surface area contributed by atoms with E-state index in [1.165, 1.54) is 11.3 Å². The lowest BCUT2D eigenvalue weighted by Gasteiger charge is -2.09. The van der Waals surface area contributed by atoms with Crippen LogP contribution in [0.25, 0.3) is 10.6 Å². The number of aromatic nitrogens is 1. The van der Waals surface area contributed by atoms with Crippen molar-refractivity contribution in [3.05, 3.63) is 39.9 Å². The van der Waals surface area contributed by atoms with Crippen molar-refractivity contribution in [3.63, 3.8) is 0 Å². The van der Waals surface area contributed by atoms with Crippen LogP contribution in [0.5, 0.6) is 0 Å². The molecule has 144 valence electrons. The molecule has 1 atom stereocenters. The van der Waals surface area contributed by atoms with Crippen molar-refractivity contribution in [2.45, 2.75) is 19.8 Å². The molecule has 3 rings (SSSR count). The van der Waals surface area contributed by atoms with E-state index in [9.17, 15) is 18.0 Å². The van der Waals surface area contributed by atoms with Gasteiger partial charge < -0.3 is 0 Å². The Morgan fingerprint density at radius 3 is 2.59 bits per heavy atom. The lowest BCUT2D eigenvalue weighted by Crippen LogP contribution is -2.42. The van der Waals surface area contributed by atoms with Gasteiger partial charge in [-0.1, -0.05) is 23.7 Å². The summed E-state index contributed by atoms with van der Waals surface area (Å²) in [5, 5.41) is 1.29. The van der Waals surface area contributed by atoms with Crippen LogP contribution in [0.4, 0.5) is 0 Å². The summed E-state index contributed by atoms with van der Waals surface area (Å²) in [6.07, 6.45) is 0.541. The Kier molecular flexibility index (Phi) is 5.83. The van der Waals surface area contributed by atoms with Crippen LogP contribution in [0.1, 0.15) is 28.2 Å². The van der Waals surface area contributed by atoms with Crippen LogP contribution in [0, 0.1) is 12.8 Å². The van der Waals surface area contributed by atoms with E-state index in [4.69, 9.17) is 11.6 Å². The quantitative estimate of drug-likeness (QED) is 0.728. The molecule has 2 N–H and O–H groups in total. The van der Waals surface area contributed by atoms with Crippen LogP contribution in [0.15, 0.2) is 24.3 Å². The van der Waals surface area contributed by atoms with Crippen LogP contribution in [-0.4, -0.2) is 36.7 Å². The first-order valence-electron chi connectivity index (χ1n) is 8.26. The fourth-order valence-electron chi connectivity index (χ4n) is 2.85. The summed E-state index contributed by atoms with van der Waals surface area (Å²) in [5.41, 5.74) is 6.12. The second kappa shape index (κ2) is 7.95. The molecule has 27 heavy (non-hydrogen) atoms. The Morgan fingerprint density at radius 1 is 1.26 bits per heavy atom. The van der Waals surface area contributed by atoms with Gasteiger partial charge in [-0.25, -0.2) is 13.4 Å². The van der Waals surface area contributed by atoms with Gasteiger partial charge in [0.2, 0.25) is 5.91 Å². The number of benzene rings is 1. The van der Waals surface area contributed by atoms with Gasteiger partial charge in [0.05, 0.1) is 17.2 Å². The fraction of sp³-hybridized carbons (Fsp3) is 0.353. The molecule has 1 aromatic heterocycles. The Labute approximate surface area is 166 Å². The van der Waals surface area contributed by atoms with Gasteiger partial charge >= 0.3 is 0 Å². The smallest absolute Gasteiger partial charge is 0.273 e. The monoisotopic (exact) mass is 427 g/mol. The van der Waals surface area contributed by atoms with Gasteiger partial charge in [-0.05, 0) is 31.4 Å². The molecule has 0 bridgehead atoms. The SMILES string of the molecule is Cc1nc(-c2ccc(Cl)cc2)sc1C(=O)NNC(=O)CC1CCS(=O)(=O)C1. The van der Waals surface area contributed by atoms with Crippen molar-refractivity contribution >= 4 is 44.6 Å². The first-order chi connectivity index (χ1) is 12.7. The molecule has 0 spiro atoms. The summed E-state index contributed by atoms with van der Waals surface area (Å²) in [6.45, 7) is 1.72. The predicted molar refractivity (Wildman–Crippen MR) is 104 cm³/mol. The highest BCUT2D eigenvalue weighted by molar-refractivity contribution is 7.91. The highest BCUT2D eigenvalue weighted by Gasteiger charge is 2.29. The van der Waals surface area contributed by atoms with Crippen molar-refractivity contribution in [2.75, 3.05) is 11.5 Å². The van der Waals surface area contributed by atoms with Crippen molar-refractivity contribution in [1.29, 1.82) is 0 Å². The number of sulfone groups is 1. The van der Waals surface area contributed by atoms with Gasteiger partial charge in [0.25, 0.3) is 5.91 Å². The number of nitrogens with zero attached hydrogens (tertiary/aromatic N) is 1. The number of aryl methyl sites for hydroxylation is 1. The third-order valence-electron chi connectivity index (χ3n) is 4.21. The topological polar surface area (TPSA) is 105 Å². The molecule has 7 nitrogen and oxygen atoms in total. The van der Waals surface area contributed by atoms with Crippen LogP contribution in [0.3, 0.4) is 0 Å². The summed E-state index contributed by atoms with van der Waals surface area (Å²) in [4.78, 5) is 29.1. The van der Waals surface area contributed by atoms with Gasteiger partial charge in [-0.3, -0.25) is 20.4 Å². The molecule has 0 aliphatic carbocycles. The number of hydrogen-bond acceptors (Lipinski definition) is 6. The number of hydrazine groups is 1. The molecule has 2 aromatic rings. The molecule has 1 saturated heterocycles. The van der Waals surface area contributed by atoms with E-state index >= 15 is 0 Å². The number of hydrogen-bond donors (Lipinski definition) is 2. The molecule has 1 unspecified atom stereocenters. The highest BCUT2D eigenvalue weighted by Crippen LogP contribution is 2.28. The maximum atomic E-state index is 12.3. The van der Waals surface area contributed by atoms with E-state index in [0.29, 0.717) is 27.0 Å². The molecule has 0 radical (unpaired) electrons. The molecule has 1 aromatic carbocycles. The first-order valence-corrected chi connectivity index (χ1v) is 11.3.